The summed E-state index contributed by atoms with van der Waals surface area (Å²) in [5.74, 6) is 0.752. The van der Waals surface area contributed by atoms with E-state index in [-0.39, 0.29) is 18.2 Å². The lowest BCUT2D eigenvalue weighted by atomic mass is 10.1. The molecule has 3 aromatic carbocycles. The summed E-state index contributed by atoms with van der Waals surface area (Å²) in [5, 5.41) is 7.13. The van der Waals surface area contributed by atoms with Crippen LogP contribution >= 0.6 is 22.9 Å². The highest BCUT2D eigenvalue weighted by Crippen LogP contribution is 2.34. The Morgan fingerprint density at radius 3 is 2.65 bits per heavy atom. The molecule has 8 nitrogen and oxygen atoms in total. The molecule has 0 saturated carbocycles. The first kappa shape index (κ1) is 30.8. The number of benzene rings is 3. The number of halogens is 2. The highest BCUT2D eigenvalue weighted by atomic mass is 35.5. The predicted octanol–water partition coefficient (Wildman–Crippen LogP) is 8.12. The van der Waals surface area contributed by atoms with E-state index in [1.165, 1.54) is 29.8 Å². The SMILES string of the molecule is CCC(OC(C)S(=O)(=O)CC)c1nc(-c2ccc3ncnc(Nc4ccc(OCc5cccc(F)c5)c(Cl)c4)c3c2)cs1. The van der Waals surface area contributed by atoms with Crippen molar-refractivity contribution in [3.8, 4) is 17.0 Å². The van der Waals surface area contributed by atoms with Crippen LogP contribution in [0, 0.1) is 5.82 Å². The van der Waals surface area contributed by atoms with E-state index >= 15 is 0 Å². The summed E-state index contributed by atoms with van der Waals surface area (Å²) in [5.41, 5.74) is 2.83. The zero-order valence-corrected chi connectivity index (χ0v) is 26.1. The van der Waals surface area contributed by atoms with Crippen LogP contribution < -0.4 is 10.1 Å². The van der Waals surface area contributed by atoms with Gasteiger partial charge in [-0.2, -0.15) is 0 Å². The number of hydrogen-bond donors (Lipinski definition) is 1. The number of thiazole rings is 1. The summed E-state index contributed by atoms with van der Waals surface area (Å²) in [4.78, 5) is 13.6. The molecule has 0 fully saturated rings. The second-order valence-corrected chi connectivity index (χ2v) is 13.6. The van der Waals surface area contributed by atoms with Gasteiger partial charge in [-0.05, 0) is 61.4 Å². The van der Waals surface area contributed by atoms with Crippen LogP contribution in [0.1, 0.15) is 43.9 Å². The number of ether oxygens (including phenoxy) is 2. The summed E-state index contributed by atoms with van der Waals surface area (Å²) >= 11 is 7.93. The number of rotatable bonds is 12. The van der Waals surface area contributed by atoms with Crippen molar-refractivity contribution in [3.63, 3.8) is 0 Å². The topological polar surface area (TPSA) is 103 Å². The largest absolute Gasteiger partial charge is 0.487 e. The summed E-state index contributed by atoms with van der Waals surface area (Å²) in [6.45, 7) is 5.30. The Morgan fingerprint density at radius 1 is 1.07 bits per heavy atom. The van der Waals surface area contributed by atoms with Gasteiger partial charge in [0.15, 0.2) is 15.3 Å². The number of nitrogens with one attached hydrogen (secondary N) is 1. The molecule has 0 aliphatic rings. The van der Waals surface area contributed by atoms with Gasteiger partial charge in [0, 0.05) is 27.8 Å². The minimum atomic E-state index is -3.33. The maximum absolute atomic E-state index is 13.5. The van der Waals surface area contributed by atoms with Crippen molar-refractivity contribution in [2.45, 2.75) is 45.3 Å². The second-order valence-electron chi connectivity index (χ2n) is 9.77. The van der Waals surface area contributed by atoms with Crippen molar-refractivity contribution in [3.05, 3.63) is 93.8 Å². The van der Waals surface area contributed by atoms with Crippen molar-refractivity contribution in [2.24, 2.45) is 0 Å². The third-order valence-corrected chi connectivity index (χ3v) is 10.0. The first-order valence-electron chi connectivity index (χ1n) is 13.7. The van der Waals surface area contributed by atoms with Gasteiger partial charge < -0.3 is 14.8 Å². The molecule has 0 aliphatic heterocycles. The molecule has 0 radical (unpaired) electrons. The minimum Gasteiger partial charge on any atom is -0.487 e. The molecule has 0 spiro atoms. The number of nitrogens with zero attached hydrogens (tertiary/aromatic N) is 3. The van der Waals surface area contributed by atoms with Gasteiger partial charge in [-0.15, -0.1) is 11.3 Å². The maximum Gasteiger partial charge on any atom is 0.176 e. The highest BCUT2D eigenvalue weighted by Gasteiger charge is 2.25. The molecule has 224 valence electrons. The van der Waals surface area contributed by atoms with Crippen molar-refractivity contribution in [2.75, 3.05) is 11.1 Å². The van der Waals surface area contributed by atoms with E-state index in [1.807, 2.05) is 36.6 Å². The van der Waals surface area contributed by atoms with Gasteiger partial charge in [0.25, 0.3) is 0 Å². The van der Waals surface area contributed by atoms with Gasteiger partial charge in [-0.3, -0.25) is 0 Å². The predicted molar refractivity (Wildman–Crippen MR) is 169 cm³/mol. The monoisotopic (exact) mass is 640 g/mol. The standard InChI is InChI=1S/C31H30ClFN4O4S2/c1-4-28(41-19(3)43(38,39)5-2)31-37-27(17-42-31)21-9-11-26-24(14-21)30(35-18-34-26)36-23-10-12-29(25(32)15-23)40-16-20-7-6-8-22(33)13-20/h6-15,17-19,28H,4-5,16H2,1-3H3,(H,34,35,36). The molecule has 5 aromatic rings. The fraction of sp³-hybridized carbons (Fsp3) is 0.258. The number of anilines is 2. The number of sulfone groups is 1. The third-order valence-electron chi connectivity index (χ3n) is 6.84. The fourth-order valence-electron chi connectivity index (χ4n) is 4.38. The quantitative estimate of drug-likeness (QED) is 0.146. The molecule has 2 aromatic heterocycles. The minimum absolute atomic E-state index is 0.0178. The van der Waals surface area contributed by atoms with E-state index < -0.39 is 21.4 Å². The molecule has 2 unspecified atom stereocenters. The number of aromatic nitrogens is 3. The van der Waals surface area contributed by atoms with Gasteiger partial charge >= 0.3 is 0 Å². The maximum atomic E-state index is 13.5. The number of hydrogen-bond acceptors (Lipinski definition) is 9. The Hall–Kier alpha value is -3.64. The van der Waals surface area contributed by atoms with E-state index in [1.54, 1.807) is 38.1 Å². The summed E-state index contributed by atoms with van der Waals surface area (Å²) in [6, 6.07) is 17.3. The van der Waals surface area contributed by atoms with E-state index in [0.29, 0.717) is 39.3 Å². The third kappa shape index (κ3) is 7.30. The molecule has 0 aliphatic carbocycles. The Labute approximate surface area is 258 Å². The van der Waals surface area contributed by atoms with Crippen LogP contribution in [0.2, 0.25) is 5.02 Å². The van der Waals surface area contributed by atoms with Crippen molar-refractivity contribution < 1.29 is 22.3 Å². The van der Waals surface area contributed by atoms with Crippen LogP contribution in [0.5, 0.6) is 5.75 Å². The molecular formula is C31H30ClFN4O4S2. The molecule has 0 saturated heterocycles. The fourth-order valence-corrected chi connectivity index (χ4v) is 6.34. The zero-order valence-electron chi connectivity index (χ0n) is 23.8. The molecule has 2 heterocycles. The summed E-state index contributed by atoms with van der Waals surface area (Å²) in [7, 11) is -3.33. The van der Waals surface area contributed by atoms with E-state index in [2.05, 4.69) is 15.3 Å². The van der Waals surface area contributed by atoms with Crippen LogP contribution in [-0.4, -0.2) is 34.6 Å². The van der Waals surface area contributed by atoms with E-state index in [0.717, 1.165) is 22.2 Å². The lowest BCUT2D eigenvalue weighted by Gasteiger charge is -2.19. The molecule has 1 N–H and O–H groups in total. The highest BCUT2D eigenvalue weighted by molar-refractivity contribution is 7.91. The Kier molecular flexibility index (Phi) is 9.55. The van der Waals surface area contributed by atoms with Crippen molar-refractivity contribution in [1.82, 2.24) is 15.0 Å². The van der Waals surface area contributed by atoms with E-state index in [4.69, 9.17) is 26.1 Å². The lowest BCUT2D eigenvalue weighted by molar-refractivity contribution is 0.0353. The van der Waals surface area contributed by atoms with Crippen LogP contribution in [0.4, 0.5) is 15.9 Å². The lowest BCUT2D eigenvalue weighted by Crippen LogP contribution is -2.24. The molecule has 0 bridgehead atoms. The average Bonchev–Trinajstić information content (AvgIpc) is 3.49. The second kappa shape index (κ2) is 13.3. The van der Waals surface area contributed by atoms with Gasteiger partial charge in [0.1, 0.15) is 41.4 Å². The number of fused-ring (bicyclic) bond motifs is 1. The Balaban J connectivity index is 1.34. The van der Waals surface area contributed by atoms with E-state index in [9.17, 15) is 12.8 Å². The van der Waals surface area contributed by atoms with Gasteiger partial charge in [-0.25, -0.2) is 27.8 Å². The summed E-state index contributed by atoms with van der Waals surface area (Å²) < 4.78 is 49.6. The molecule has 12 heteroatoms. The molecule has 2 atom stereocenters. The van der Waals surface area contributed by atoms with Crippen LogP contribution in [0.25, 0.3) is 22.2 Å². The van der Waals surface area contributed by atoms with Gasteiger partial charge in [-0.1, -0.05) is 43.6 Å². The average molecular weight is 641 g/mol. The Bertz CT molecular complexity index is 1850. The van der Waals surface area contributed by atoms with Gasteiger partial charge in [0.05, 0.1) is 16.2 Å². The van der Waals surface area contributed by atoms with Crippen LogP contribution in [0.3, 0.4) is 0 Å². The van der Waals surface area contributed by atoms with Gasteiger partial charge in [0.2, 0.25) is 0 Å². The Morgan fingerprint density at radius 2 is 1.91 bits per heavy atom. The zero-order chi connectivity index (χ0) is 30.6. The van der Waals surface area contributed by atoms with Crippen LogP contribution in [0.15, 0.2) is 72.4 Å². The summed E-state index contributed by atoms with van der Waals surface area (Å²) in [6.07, 6.45) is 1.65. The smallest absolute Gasteiger partial charge is 0.176 e. The molecule has 43 heavy (non-hydrogen) atoms. The van der Waals surface area contributed by atoms with Crippen LogP contribution in [-0.2, 0) is 21.2 Å². The molecular weight excluding hydrogens is 611 g/mol. The molecule has 0 amide bonds. The normalized spacial score (nSPS) is 13.1. The van der Waals surface area contributed by atoms with Crippen molar-refractivity contribution in [1.29, 1.82) is 0 Å². The first-order valence-corrected chi connectivity index (χ1v) is 16.7. The molecule has 5 rings (SSSR count). The first-order chi connectivity index (χ1) is 20.7. The van der Waals surface area contributed by atoms with Crippen molar-refractivity contribution >= 4 is 55.2 Å².